The van der Waals surface area contributed by atoms with Gasteiger partial charge in [0.05, 0.1) is 17.8 Å². The van der Waals surface area contributed by atoms with Gasteiger partial charge in [-0.3, -0.25) is 19.2 Å². The summed E-state index contributed by atoms with van der Waals surface area (Å²) in [5.74, 6) is -3.76. The summed E-state index contributed by atoms with van der Waals surface area (Å²) in [6.45, 7) is 16.6. The van der Waals surface area contributed by atoms with Gasteiger partial charge in [-0.25, -0.2) is 0 Å². The van der Waals surface area contributed by atoms with Gasteiger partial charge in [0.25, 0.3) is 0 Å². The van der Waals surface area contributed by atoms with Gasteiger partial charge in [0.2, 0.25) is 0 Å². The van der Waals surface area contributed by atoms with Gasteiger partial charge in [-0.15, -0.1) is 0 Å². The van der Waals surface area contributed by atoms with Crippen LogP contribution in [0.15, 0.2) is 12.2 Å². The van der Waals surface area contributed by atoms with E-state index in [1.807, 2.05) is 13.8 Å². The van der Waals surface area contributed by atoms with E-state index in [1.165, 1.54) is 27.7 Å². The second-order valence-electron chi connectivity index (χ2n) is 11.8. The molecule has 0 amide bonds. The van der Waals surface area contributed by atoms with Crippen LogP contribution in [0.5, 0.6) is 0 Å². The van der Waals surface area contributed by atoms with Crippen molar-refractivity contribution in [2.24, 2.45) is 23.7 Å². The molecule has 3 fully saturated rings. The molecular formula is C28H42O10. The van der Waals surface area contributed by atoms with Crippen LogP contribution in [-0.4, -0.2) is 70.7 Å². The molecule has 0 aromatic carbocycles. The minimum absolute atomic E-state index is 0.0904. The fourth-order valence-electron chi connectivity index (χ4n) is 7.12. The monoisotopic (exact) mass is 538 g/mol. The number of aliphatic hydroxyl groups is 1. The van der Waals surface area contributed by atoms with E-state index in [0.717, 1.165) is 0 Å². The summed E-state index contributed by atoms with van der Waals surface area (Å²) in [6.07, 6.45) is -3.21. The lowest BCUT2D eigenvalue weighted by Gasteiger charge is -2.55. The zero-order valence-corrected chi connectivity index (χ0v) is 23.6. The van der Waals surface area contributed by atoms with E-state index in [2.05, 4.69) is 6.58 Å². The van der Waals surface area contributed by atoms with Crippen molar-refractivity contribution in [2.45, 2.75) is 116 Å². The molecule has 0 radical (unpaired) electrons. The molecule has 10 heteroatoms. The minimum Gasteiger partial charge on any atom is -0.458 e. The lowest BCUT2D eigenvalue weighted by Crippen LogP contribution is -2.69. The maximum atomic E-state index is 12.5. The van der Waals surface area contributed by atoms with Crippen LogP contribution in [0, 0.1) is 23.7 Å². The molecule has 10 nitrogen and oxygen atoms in total. The number of ether oxygens (including phenoxy) is 5. The van der Waals surface area contributed by atoms with Gasteiger partial charge in [-0.05, 0) is 44.6 Å². The molecule has 0 aromatic heterocycles. The third-order valence-electron chi connectivity index (χ3n) is 8.32. The molecule has 1 aliphatic carbocycles. The standard InChI is InChI=1S/C28H42O10/c1-13(2)21-22-23(28(9,38-18(7)32)26(36-17(6)31)24(21)35-16(5)30)20-12-14(3)19(34-15(4)29)10-11-27(8,33)25(22)37-20/h13,19-26,33H,3,10-12H2,1-2,4-9H3/t19-,20+,21+,22+,23+,24-,25+,26-,27+,28-/m1/s1. The predicted molar refractivity (Wildman–Crippen MR) is 134 cm³/mol. The maximum absolute atomic E-state index is 12.5. The lowest BCUT2D eigenvalue weighted by atomic mass is 9.55. The predicted octanol–water partition coefficient (Wildman–Crippen LogP) is 2.88. The first kappa shape index (κ1) is 30.1. The second kappa shape index (κ2) is 11.0. The summed E-state index contributed by atoms with van der Waals surface area (Å²) >= 11 is 0. The Morgan fingerprint density at radius 3 is 2.05 bits per heavy atom. The number of carbonyl (C=O) groups excluding carboxylic acids is 4. The quantitative estimate of drug-likeness (QED) is 0.316. The van der Waals surface area contributed by atoms with Crippen molar-refractivity contribution in [3.63, 3.8) is 0 Å². The van der Waals surface area contributed by atoms with Crippen LogP contribution in [0.4, 0.5) is 0 Å². The fraction of sp³-hybridized carbons (Fsp3) is 0.786. The third kappa shape index (κ3) is 5.76. The molecule has 38 heavy (non-hydrogen) atoms. The molecule has 2 bridgehead atoms. The molecular weight excluding hydrogens is 496 g/mol. The highest BCUT2D eigenvalue weighted by Crippen LogP contribution is 2.59. The minimum atomic E-state index is -1.47. The molecule has 0 unspecified atom stereocenters. The van der Waals surface area contributed by atoms with Crippen molar-refractivity contribution in [3.05, 3.63) is 12.2 Å². The molecule has 0 aromatic rings. The summed E-state index contributed by atoms with van der Waals surface area (Å²) in [4.78, 5) is 48.9. The molecule has 2 aliphatic heterocycles. The van der Waals surface area contributed by atoms with Crippen LogP contribution < -0.4 is 0 Å². The Balaban J connectivity index is 2.25. The van der Waals surface area contributed by atoms with Crippen LogP contribution >= 0.6 is 0 Å². The molecule has 0 spiro atoms. The normalized spacial score (nSPS) is 40.7. The molecule has 3 rings (SSSR count). The average molecular weight is 539 g/mol. The number of hydrogen-bond donors (Lipinski definition) is 1. The molecule has 214 valence electrons. The van der Waals surface area contributed by atoms with Crippen LogP contribution in [0.25, 0.3) is 0 Å². The smallest absolute Gasteiger partial charge is 0.303 e. The maximum Gasteiger partial charge on any atom is 0.303 e. The van der Waals surface area contributed by atoms with Gasteiger partial charge in [0.15, 0.2) is 11.7 Å². The third-order valence-corrected chi connectivity index (χ3v) is 8.32. The fourth-order valence-corrected chi connectivity index (χ4v) is 7.12. The zero-order chi connectivity index (χ0) is 28.7. The van der Waals surface area contributed by atoms with E-state index < -0.39 is 83.4 Å². The Morgan fingerprint density at radius 1 is 0.974 bits per heavy atom. The van der Waals surface area contributed by atoms with Crippen LogP contribution in [0.3, 0.4) is 0 Å². The Bertz CT molecular complexity index is 971. The first-order valence-corrected chi connectivity index (χ1v) is 13.3. The van der Waals surface area contributed by atoms with Crippen LogP contribution in [0.1, 0.15) is 74.7 Å². The van der Waals surface area contributed by atoms with Crippen LogP contribution in [-0.2, 0) is 42.9 Å². The van der Waals surface area contributed by atoms with Gasteiger partial charge in [0.1, 0.15) is 12.2 Å². The van der Waals surface area contributed by atoms with Gasteiger partial charge in [-0.1, -0.05) is 20.4 Å². The largest absolute Gasteiger partial charge is 0.458 e. The van der Waals surface area contributed by atoms with Crippen molar-refractivity contribution in [2.75, 3.05) is 0 Å². The Kier molecular flexibility index (Phi) is 8.68. The van der Waals surface area contributed by atoms with E-state index >= 15 is 0 Å². The van der Waals surface area contributed by atoms with Crippen LogP contribution in [0.2, 0.25) is 0 Å². The van der Waals surface area contributed by atoms with Crippen molar-refractivity contribution in [1.82, 2.24) is 0 Å². The first-order chi connectivity index (χ1) is 17.5. The van der Waals surface area contributed by atoms with E-state index in [1.54, 1.807) is 13.8 Å². The number of esters is 4. The molecule has 10 atom stereocenters. The van der Waals surface area contributed by atoms with Gasteiger partial charge in [-0.2, -0.15) is 0 Å². The van der Waals surface area contributed by atoms with E-state index in [0.29, 0.717) is 12.0 Å². The summed E-state index contributed by atoms with van der Waals surface area (Å²) in [5, 5.41) is 11.8. The lowest BCUT2D eigenvalue weighted by molar-refractivity contribution is -0.248. The first-order valence-electron chi connectivity index (χ1n) is 13.3. The van der Waals surface area contributed by atoms with Gasteiger partial charge >= 0.3 is 23.9 Å². The van der Waals surface area contributed by atoms with E-state index in [9.17, 15) is 24.3 Å². The topological polar surface area (TPSA) is 135 Å². The molecule has 2 saturated heterocycles. The number of carbonyl (C=O) groups is 4. The Morgan fingerprint density at radius 2 is 1.55 bits per heavy atom. The molecule has 2 heterocycles. The zero-order valence-electron chi connectivity index (χ0n) is 23.6. The van der Waals surface area contributed by atoms with Crippen molar-refractivity contribution >= 4 is 23.9 Å². The van der Waals surface area contributed by atoms with Crippen molar-refractivity contribution < 1.29 is 48.0 Å². The van der Waals surface area contributed by atoms with E-state index in [-0.39, 0.29) is 18.8 Å². The summed E-state index contributed by atoms with van der Waals surface area (Å²) in [6, 6.07) is 0. The summed E-state index contributed by atoms with van der Waals surface area (Å²) in [7, 11) is 0. The summed E-state index contributed by atoms with van der Waals surface area (Å²) < 4.78 is 29.7. The average Bonchev–Trinajstić information content (AvgIpc) is 3.13. The SMILES string of the molecule is C=C1C[C@@H]2O[C@@H]([C@H]3[C@H](C(C)C)[C@@H](OC(C)=O)[C@@H](OC(C)=O)[C@](C)(OC(C)=O)[C@H]32)[C@@](C)(O)CC[C@H]1OC(C)=O. The molecule has 1 N–H and O–H groups in total. The number of rotatable bonds is 5. The Hall–Kier alpha value is -2.46. The van der Waals surface area contributed by atoms with Crippen molar-refractivity contribution in [3.8, 4) is 0 Å². The summed E-state index contributed by atoms with van der Waals surface area (Å²) in [5.41, 5.74) is -2.24. The van der Waals surface area contributed by atoms with Gasteiger partial charge in [0, 0.05) is 45.4 Å². The highest BCUT2D eigenvalue weighted by molar-refractivity contribution is 5.69. The van der Waals surface area contributed by atoms with Crippen molar-refractivity contribution in [1.29, 1.82) is 0 Å². The second-order valence-corrected chi connectivity index (χ2v) is 11.8. The number of fused-ring (bicyclic) bond motifs is 5. The molecule has 1 saturated carbocycles. The van der Waals surface area contributed by atoms with Gasteiger partial charge < -0.3 is 28.8 Å². The number of hydrogen-bond acceptors (Lipinski definition) is 10. The highest BCUT2D eigenvalue weighted by atomic mass is 16.6. The Labute approximate surface area is 224 Å². The highest BCUT2D eigenvalue weighted by Gasteiger charge is 2.70. The molecule has 3 aliphatic rings. The van der Waals surface area contributed by atoms with E-state index in [4.69, 9.17) is 23.7 Å².